The molecule has 0 spiro atoms. The maximum absolute atomic E-state index is 6.74. The van der Waals surface area contributed by atoms with Gasteiger partial charge in [-0.1, -0.05) is 173 Å². The van der Waals surface area contributed by atoms with Crippen LogP contribution in [0.1, 0.15) is 49.9 Å². The van der Waals surface area contributed by atoms with Crippen molar-refractivity contribution in [3.05, 3.63) is 210 Å². The van der Waals surface area contributed by atoms with E-state index in [1.165, 1.54) is 66.6 Å². The van der Waals surface area contributed by atoms with E-state index in [2.05, 4.69) is 221 Å². The number of anilines is 3. The van der Waals surface area contributed by atoms with E-state index >= 15 is 0 Å². The van der Waals surface area contributed by atoms with Crippen LogP contribution in [-0.4, -0.2) is 0 Å². The van der Waals surface area contributed by atoms with E-state index in [0.717, 1.165) is 50.0 Å². The van der Waals surface area contributed by atoms with Gasteiger partial charge in [-0.05, 0) is 109 Å². The molecule has 0 N–H and O–H groups in total. The van der Waals surface area contributed by atoms with Gasteiger partial charge in [0.2, 0.25) is 0 Å². The summed E-state index contributed by atoms with van der Waals surface area (Å²) in [5.74, 6) is 0. The zero-order valence-electron chi connectivity index (χ0n) is 34.3. The lowest BCUT2D eigenvalue weighted by Crippen LogP contribution is -2.18. The molecule has 2 aliphatic rings. The second-order valence-corrected chi connectivity index (χ2v) is 17.6. The van der Waals surface area contributed by atoms with E-state index < -0.39 is 0 Å². The van der Waals surface area contributed by atoms with E-state index in [0.29, 0.717) is 0 Å². The number of furan rings is 1. The molecule has 0 atom stereocenters. The maximum Gasteiger partial charge on any atom is 0.143 e. The molecule has 0 saturated carbocycles. The van der Waals surface area contributed by atoms with Gasteiger partial charge >= 0.3 is 0 Å². The van der Waals surface area contributed by atoms with Gasteiger partial charge in [-0.15, -0.1) is 0 Å². The number of fused-ring (bicyclic) bond motifs is 11. The molecule has 12 rings (SSSR count). The van der Waals surface area contributed by atoms with Crippen LogP contribution < -0.4 is 4.90 Å². The Morgan fingerprint density at radius 2 is 0.833 bits per heavy atom. The molecule has 1 heterocycles. The van der Waals surface area contributed by atoms with E-state index in [-0.39, 0.29) is 10.8 Å². The summed E-state index contributed by atoms with van der Waals surface area (Å²) in [6.45, 7) is 9.46. The lowest BCUT2D eigenvalue weighted by molar-refractivity contribution is 0.660. The number of rotatable bonds is 5. The molecule has 9 aromatic carbocycles. The minimum absolute atomic E-state index is 0.123. The molecule has 60 heavy (non-hydrogen) atoms. The zero-order chi connectivity index (χ0) is 40.3. The summed E-state index contributed by atoms with van der Waals surface area (Å²) in [6.07, 6.45) is 0. The first kappa shape index (κ1) is 34.8. The van der Waals surface area contributed by atoms with Crippen molar-refractivity contribution < 1.29 is 4.42 Å². The average molecular weight is 770 g/mol. The van der Waals surface area contributed by atoms with Crippen LogP contribution in [-0.2, 0) is 10.8 Å². The summed E-state index contributed by atoms with van der Waals surface area (Å²) in [5.41, 5.74) is 20.5. The molecule has 2 aliphatic carbocycles. The Labute approximate surface area is 351 Å². The van der Waals surface area contributed by atoms with Crippen molar-refractivity contribution >= 4 is 49.8 Å². The van der Waals surface area contributed by atoms with Crippen LogP contribution >= 0.6 is 0 Å². The van der Waals surface area contributed by atoms with Crippen LogP contribution in [0.3, 0.4) is 0 Å². The number of para-hydroxylation sites is 1. The quantitative estimate of drug-likeness (QED) is 0.173. The maximum atomic E-state index is 6.74. The van der Waals surface area contributed by atoms with E-state index in [1.54, 1.807) is 0 Å². The molecule has 0 fully saturated rings. The smallest absolute Gasteiger partial charge is 0.143 e. The molecule has 2 nitrogen and oxygen atoms in total. The molecule has 0 saturated heterocycles. The predicted molar refractivity (Wildman–Crippen MR) is 252 cm³/mol. The summed E-state index contributed by atoms with van der Waals surface area (Å²) in [6, 6.07) is 69.3. The van der Waals surface area contributed by atoms with Gasteiger partial charge in [0.25, 0.3) is 0 Å². The first-order valence-electron chi connectivity index (χ1n) is 21.1. The highest BCUT2D eigenvalue weighted by Gasteiger charge is 2.38. The minimum Gasteiger partial charge on any atom is -0.455 e. The molecule has 0 bridgehead atoms. The molecule has 0 radical (unpaired) electrons. The van der Waals surface area contributed by atoms with Gasteiger partial charge in [-0.3, -0.25) is 0 Å². The lowest BCUT2D eigenvalue weighted by Gasteiger charge is -2.30. The Hall–Kier alpha value is -7.16. The van der Waals surface area contributed by atoms with Gasteiger partial charge in [-0.2, -0.15) is 0 Å². The summed E-state index contributed by atoms with van der Waals surface area (Å²) in [7, 11) is 0. The highest BCUT2D eigenvalue weighted by Crippen LogP contribution is 2.54. The minimum atomic E-state index is -0.123. The summed E-state index contributed by atoms with van der Waals surface area (Å²) in [5, 5.41) is 4.57. The fraction of sp³-hybridized carbons (Fsp3) is 0.103. The molecule has 2 heteroatoms. The van der Waals surface area contributed by atoms with Gasteiger partial charge in [0, 0.05) is 49.6 Å². The highest BCUT2D eigenvalue weighted by atomic mass is 16.3. The normalized spacial score (nSPS) is 14.3. The Balaban J connectivity index is 1.08. The standard InChI is InChI=1S/C58H43NO/c1-57(2)48-23-13-10-18-41(48)43-32-30-39(34-50(43)57)59(40-31-33-44-42-19-11-14-24-49(42)58(3,4)51(44)35-40)38-28-26-37(27-29-38)54-53(36-16-6-5-7-17-36)45-20-8-9-21-46(45)56-55(54)47-22-12-15-25-52(47)60-56/h5-35H,1-4H3. The van der Waals surface area contributed by atoms with Gasteiger partial charge in [0.15, 0.2) is 0 Å². The second-order valence-electron chi connectivity index (χ2n) is 17.6. The fourth-order valence-corrected chi connectivity index (χ4v) is 10.7. The molecule has 0 aliphatic heterocycles. The van der Waals surface area contributed by atoms with Crippen LogP contribution in [0.5, 0.6) is 0 Å². The van der Waals surface area contributed by atoms with Crippen LogP contribution in [0.25, 0.3) is 77.2 Å². The highest BCUT2D eigenvalue weighted by molar-refractivity contribution is 6.26. The summed E-state index contributed by atoms with van der Waals surface area (Å²) >= 11 is 0. The Bertz CT molecular complexity index is 3260. The number of nitrogens with zero attached hydrogens (tertiary/aromatic N) is 1. The van der Waals surface area contributed by atoms with Crippen molar-refractivity contribution in [2.24, 2.45) is 0 Å². The average Bonchev–Trinajstić information content (AvgIpc) is 3.87. The summed E-state index contributed by atoms with van der Waals surface area (Å²) < 4.78 is 6.74. The molecule has 0 amide bonds. The van der Waals surface area contributed by atoms with Crippen molar-refractivity contribution in [2.75, 3.05) is 4.90 Å². The SMILES string of the molecule is CC1(C)c2ccccc2-c2ccc(N(c3ccc(-c4c(-c5ccccc5)c5ccccc5c5oc6ccccc6c45)cc3)c3ccc4c(c3)C(C)(C)c3ccccc3-4)cc21. The van der Waals surface area contributed by atoms with E-state index in [9.17, 15) is 0 Å². The number of benzene rings is 9. The Kier molecular flexibility index (Phi) is 7.36. The van der Waals surface area contributed by atoms with Gasteiger partial charge in [-0.25, -0.2) is 0 Å². The monoisotopic (exact) mass is 769 g/mol. The third kappa shape index (κ3) is 4.88. The fourth-order valence-electron chi connectivity index (χ4n) is 10.7. The van der Waals surface area contributed by atoms with Crippen molar-refractivity contribution in [3.63, 3.8) is 0 Å². The van der Waals surface area contributed by atoms with Crippen LogP contribution in [0.2, 0.25) is 0 Å². The number of hydrogen-bond acceptors (Lipinski definition) is 2. The Morgan fingerprint density at radius 1 is 0.367 bits per heavy atom. The molecule has 10 aromatic rings. The molecule has 1 aromatic heterocycles. The van der Waals surface area contributed by atoms with Crippen molar-refractivity contribution in [1.29, 1.82) is 0 Å². The zero-order valence-corrected chi connectivity index (χ0v) is 34.3. The number of hydrogen-bond donors (Lipinski definition) is 0. The van der Waals surface area contributed by atoms with E-state index in [1.807, 2.05) is 0 Å². The van der Waals surface area contributed by atoms with Crippen LogP contribution in [0.4, 0.5) is 17.1 Å². The third-order valence-corrected chi connectivity index (χ3v) is 13.7. The Morgan fingerprint density at radius 3 is 1.45 bits per heavy atom. The van der Waals surface area contributed by atoms with Crippen molar-refractivity contribution in [1.82, 2.24) is 0 Å². The van der Waals surface area contributed by atoms with E-state index in [4.69, 9.17) is 4.42 Å². The topological polar surface area (TPSA) is 16.4 Å². The molecule has 0 unspecified atom stereocenters. The third-order valence-electron chi connectivity index (χ3n) is 13.7. The second kappa shape index (κ2) is 12.7. The van der Waals surface area contributed by atoms with Gasteiger partial charge in [0.05, 0.1) is 0 Å². The first-order valence-corrected chi connectivity index (χ1v) is 21.1. The van der Waals surface area contributed by atoms with Crippen molar-refractivity contribution in [2.45, 2.75) is 38.5 Å². The lowest BCUT2D eigenvalue weighted by atomic mass is 9.82. The van der Waals surface area contributed by atoms with Crippen LogP contribution in [0, 0.1) is 0 Å². The van der Waals surface area contributed by atoms with Crippen LogP contribution in [0.15, 0.2) is 192 Å². The molecular formula is C58H43NO. The van der Waals surface area contributed by atoms with Gasteiger partial charge in [0.1, 0.15) is 11.2 Å². The molecular weight excluding hydrogens is 727 g/mol. The first-order chi connectivity index (χ1) is 29.3. The van der Waals surface area contributed by atoms with Crippen molar-refractivity contribution in [3.8, 4) is 44.5 Å². The predicted octanol–water partition coefficient (Wildman–Crippen LogP) is 16.2. The largest absolute Gasteiger partial charge is 0.455 e. The summed E-state index contributed by atoms with van der Waals surface area (Å²) in [4.78, 5) is 2.46. The van der Waals surface area contributed by atoms with Gasteiger partial charge < -0.3 is 9.32 Å². The molecule has 286 valence electrons.